The van der Waals surface area contributed by atoms with Gasteiger partial charge >= 0.3 is 5.97 Å². The average molecular weight is 487 g/mol. The van der Waals surface area contributed by atoms with Gasteiger partial charge in [0.2, 0.25) is 11.8 Å². The van der Waals surface area contributed by atoms with Crippen LogP contribution < -0.4 is 14.2 Å². The standard InChI is InChI=1S/C28H26N2O6/c1-18-24(30-28(36-18)20-5-3-2-4-6-20)11-12-33-26-10-7-19(15-29-26)16-34-22-8-9-23-21(13-27(31)32)17-35-25(23)14-22/h2-10,14-15,21H,11-13,16-17H2,1H3,(H,31,32). The highest BCUT2D eigenvalue weighted by Crippen LogP contribution is 2.38. The van der Waals surface area contributed by atoms with Crippen LogP contribution in [0.25, 0.3) is 11.5 Å². The zero-order valence-corrected chi connectivity index (χ0v) is 19.8. The van der Waals surface area contributed by atoms with Crippen LogP contribution in [0.4, 0.5) is 0 Å². The maximum Gasteiger partial charge on any atom is 0.304 e. The summed E-state index contributed by atoms with van der Waals surface area (Å²) in [5.74, 6) is 2.30. The van der Waals surface area contributed by atoms with Crippen LogP contribution in [0.5, 0.6) is 17.4 Å². The number of hydrogen-bond acceptors (Lipinski definition) is 7. The fraction of sp³-hybridized carbons (Fsp3) is 0.250. The van der Waals surface area contributed by atoms with Crippen molar-refractivity contribution in [3.8, 4) is 28.8 Å². The van der Waals surface area contributed by atoms with Crippen LogP contribution in [0, 0.1) is 6.92 Å². The molecule has 1 aliphatic heterocycles. The lowest BCUT2D eigenvalue weighted by Crippen LogP contribution is -2.07. The normalized spacial score (nSPS) is 14.2. The molecule has 5 rings (SSSR count). The number of benzene rings is 2. The molecule has 184 valence electrons. The first kappa shape index (κ1) is 23.4. The smallest absolute Gasteiger partial charge is 0.304 e. The van der Waals surface area contributed by atoms with Crippen LogP contribution in [-0.2, 0) is 17.8 Å². The molecule has 36 heavy (non-hydrogen) atoms. The quantitative estimate of drug-likeness (QED) is 0.326. The summed E-state index contributed by atoms with van der Waals surface area (Å²) < 4.78 is 23.1. The first-order valence-corrected chi connectivity index (χ1v) is 11.8. The first-order chi connectivity index (χ1) is 17.5. The van der Waals surface area contributed by atoms with Gasteiger partial charge in [0.05, 0.1) is 25.3 Å². The maximum atomic E-state index is 11.0. The molecule has 1 unspecified atom stereocenters. The number of aliphatic carboxylic acids is 1. The van der Waals surface area contributed by atoms with Crippen LogP contribution in [0.15, 0.2) is 71.3 Å². The minimum Gasteiger partial charge on any atom is -0.492 e. The maximum absolute atomic E-state index is 11.0. The number of carboxylic acid groups (broad SMARTS) is 1. The molecule has 2 aromatic carbocycles. The summed E-state index contributed by atoms with van der Waals surface area (Å²) in [7, 11) is 0. The van der Waals surface area contributed by atoms with E-state index in [9.17, 15) is 4.79 Å². The molecule has 0 saturated carbocycles. The zero-order valence-electron chi connectivity index (χ0n) is 19.8. The van der Waals surface area contributed by atoms with E-state index in [0.717, 1.165) is 28.1 Å². The van der Waals surface area contributed by atoms with Crippen molar-refractivity contribution < 1.29 is 28.5 Å². The highest BCUT2D eigenvalue weighted by atomic mass is 16.5. The van der Waals surface area contributed by atoms with Crippen molar-refractivity contribution in [3.05, 3.63) is 89.4 Å². The molecule has 8 heteroatoms. The van der Waals surface area contributed by atoms with Crippen molar-refractivity contribution in [3.63, 3.8) is 0 Å². The lowest BCUT2D eigenvalue weighted by molar-refractivity contribution is -0.137. The summed E-state index contributed by atoms with van der Waals surface area (Å²) in [6, 6.07) is 19.0. The summed E-state index contributed by atoms with van der Waals surface area (Å²) in [4.78, 5) is 20.0. The third kappa shape index (κ3) is 5.49. The Morgan fingerprint density at radius 1 is 1.11 bits per heavy atom. The molecule has 0 amide bonds. The van der Waals surface area contributed by atoms with Crippen LogP contribution >= 0.6 is 0 Å². The number of nitrogens with zero attached hydrogens (tertiary/aromatic N) is 2. The Labute approximate surface area is 208 Å². The third-order valence-electron chi connectivity index (χ3n) is 5.99. The van der Waals surface area contributed by atoms with Gasteiger partial charge in [-0.15, -0.1) is 0 Å². The predicted octanol–water partition coefficient (Wildman–Crippen LogP) is 5.20. The number of aryl methyl sites for hydroxylation is 1. The summed E-state index contributed by atoms with van der Waals surface area (Å²) in [5, 5.41) is 9.03. The summed E-state index contributed by atoms with van der Waals surface area (Å²) in [6.07, 6.45) is 2.39. The fourth-order valence-corrected chi connectivity index (χ4v) is 4.09. The van der Waals surface area contributed by atoms with E-state index in [1.165, 1.54) is 0 Å². The van der Waals surface area contributed by atoms with E-state index >= 15 is 0 Å². The van der Waals surface area contributed by atoms with Gasteiger partial charge in [0.1, 0.15) is 23.9 Å². The summed E-state index contributed by atoms with van der Waals surface area (Å²) in [5.41, 5.74) is 3.62. The molecular weight excluding hydrogens is 460 g/mol. The Morgan fingerprint density at radius 2 is 1.97 bits per heavy atom. The van der Waals surface area contributed by atoms with Gasteiger partial charge in [-0.2, -0.15) is 0 Å². The molecule has 1 N–H and O–H groups in total. The molecule has 0 aliphatic carbocycles. The van der Waals surface area contributed by atoms with Crippen molar-refractivity contribution >= 4 is 5.97 Å². The number of pyridine rings is 1. The van der Waals surface area contributed by atoms with E-state index in [-0.39, 0.29) is 12.3 Å². The van der Waals surface area contributed by atoms with Crippen molar-refractivity contribution in [2.24, 2.45) is 0 Å². The molecular formula is C28H26N2O6. The van der Waals surface area contributed by atoms with Gasteiger partial charge in [-0.3, -0.25) is 4.79 Å². The number of hydrogen-bond donors (Lipinski definition) is 1. The number of oxazole rings is 1. The molecule has 4 aromatic rings. The van der Waals surface area contributed by atoms with Crippen LogP contribution in [0.2, 0.25) is 0 Å². The molecule has 3 heterocycles. The monoisotopic (exact) mass is 486 g/mol. The van der Waals surface area contributed by atoms with Crippen molar-refractivity contribution in [1.82, 2.24) is 9.97 Å². The second-order valence-corrected chi connectivity index (χ2v) is 8.59. The van der Waals surface area contributed by atoms with Crippen LogP contribution in [-0.4, -0.2) is 34.3 Å². The number of ether oxygens (including phenoxy) is 3. The highest BCUT2D eigenvalue weighted by Gasteiger charge is 2.26. The Morgan fingerprint density at radius 3 is 2.75 bits per heavy atom. The predicted molar refractivity (Wildman–Crippen MR) is 131 cm³/mol. The molecule has 0 fully saturated rings. The molecule has 1 atom stereocenters. The van der Waals surface area contributed by atoms with Gasteiger partial charge < -0.3 is 23.7 Å². The van der Waals surface area contributed by atoms with Gasteiger partial charge in [0.25, 0.3) is 0 Å². The second-order valence-electron chi connectivity index (χ2n) is 8.59. The number of carboxylic acids is 1. The number of carbonyl (C=O) groups is 1. The van der Waals surface area contributed by atoms with Gasteiger partial charge in [-0.1, -0.05) is 24.3 Å². The van der Waals surface area contributed by atoms with Crippen molar-refractivity contribution in [2.75, 3.05) is 13.2 Å². The van der Waals surface area contributed by atoms with E-state index in [1.807, 2.05) is 61.5 Å². The highest BCUT2D eigenvalue weighted by molar-refractivity contribution is 5.68. The number of rotatable bonds is 10. The Balaban J connectivity index is 1.11. The molecule has 8 nitrogen and oxygen atoms in total. The number of fused-ring (bicyclic) bond motifs is 1. The van der Waals surface area contributed by atoms with Crippen molar-refractivity contribution in [1.29, 1.82) is 0 Å². The van der Waals surface area contributed by atoms with E-state index in [0.29, 0.717) is 49.5 Å². The summed E-state index contributed by atoms with van der Waals surface area (Å²) in [6.45, 7) is 3.05. The molecule has 1 aliphatic rings. The molecule has 0 spiro atoms. The van der Waals surface area contributed by atoms with E-state index in [2.05, 4.69) is 9.97 Å². The molecule has 0 bridgehead atoms. The van der Waals surface area contributed by atoms with Gasteiger partial charge in [-0.05, 0) is 31.2 Å². The van der Waals surface area contributed by atoms with Gasteiger partial charge in [0, 0.05) is 47.4 Å². The SMILES string of the molecule is Cc1oc(-c2ccccc2)nc1CCOc1ccc(COc2ccc3c(c2)OCC3CC(=O)O)cn1. The molecule has 2 aromatic heterocycles. The lowest BCUT2D eigenvalue weighted by Gasteiger charge is -2.09. The van der Waals surface area contributed by atoms with E-state index in [1.54, 1.807) is 12.3 Å². The number of aromatic nitrogens is 2. The summed E-state index contributed by atoms with van der Waals surface area (Å²) >= 11 is 0. The Bertz CT molecular complexity index is 1330. The largest absolute Gasteiger partial charge is 0.492 e. The fourth-order valence-electron chi connectivity index (χ4n) is 4.09. The van der Waals surface area contributed by atoms with Crippen LogP contribution in [0.1, 0.15) is 34.9 Å². The molecule has 0 radical (unpaired) electrons. The minimum atomic E-state index is -0.831. The zero-order chi connectivity index (χ0) is 24.9. The molecule has 0 saturated heterocycles. The Hall–Kier alpha value is -4.33. The Kier molecular flexibility index (Phi) is 6.84. The van der Waals surface area contributed by atoms with Gasteiger partial charge in [-0.25, -0.2) is 9.97 Å². The average Bonchev–Trinajstić information content (AvgIpc) is 3.46. The van der Waals surface area contributed by atoms with Crippen molar-refractivity contribution in [2.45, 2.75) is 32.3 Å². The van der Waals surface area contributed by atoms with E-state index < -0.39 is 5.97 Å². The van der Waals surface area contributed by atoms with Gasteiger partial charge in [0.15, 0.2) is 0 Å². The van der Waals surface area contributed by atoms with Crippen LogP contribution in [0.3, 0.4) is 0 Å². The minimum absolute atomic E-state index is 0.0558. The topological polar surface area (TPSA) is 104 Å². The third-order valence-corrected chi connectivity index (χ3v) is 5.99. The first-order valence-electron chi connectivity index (χ1n) is 11.8. The van der Waals surface area contributed by atoms with E-state index in [4.69, 9.17) is 23.7 Å². The lowest BCUT2D eigenvalue weighted by atomic mass is 9.98. The second kappa shape index (κ2) is 10.5.